The number of amides is 2. The summed E-state index contributed by atoms with van der Waals surface area (Å²) in [6.45, 7) is 4.59. The number of hydrogen-bond acceptors (Lipinski definition) is 5. The highest BCUT2D eigenvalue weighted by atomic mass is 32.2. The zero-order valence-corrected chi connectivity index (χ0v) is 19.0. The molecular formula is C23H27N3O5S. The second kappa shape index (κ2) is 8.91. The smallest absolute Gasteiger partial charge is 0.262 e. The largest absolute Gasteiger partial charge is 0.368 e. The Hall–Kier alpha value is -2.91. The monoisotopic (exact) mass is 457 g/mol. The van der Waals surface area contributed by atoms with Crippen molar-refractivity contribution >= 4 is 38.9 Å². The number of sulfonamides is 1. The lowest BCUT2D eigenvalue weighted by Gasteiger charge is -2.21. The summed E-state index contributed by atoms with van der Waals surface area (Å²) in [5, 5.41) is 2.73. The third-order valence-electron chi connectivity index (χ3n) is 5.77. The molecule has 2 heterocycles. The Bertz CT molecular complexity index is 1160. The number of carbonyl (C=O) groups excluding carboxylic acids is 2. The second-order valence-corrected chi connectivity index (χ2v) is 9.72. The van der Waals surface area contributed by atoms with E-state index in [4.69, 9.17) is 4.74 Å². The average Bonchev–Trinajstić information content (AvgIpc) is 3.43. The van der Waals surface area contributed by atoms with Gasteiger partial charge < -0.3 is 15.0 Å². The van der Waals surface area contributed by atoms with Crippen molar-refractivity contribution in [3.63, 3.8) is 0 Å². The Balaban J connectivity index is 1.55. The van der Waals surface area contributed by atoms with E-state index in [0.717, 1.165) is 24.1 Å². The van der Waals surface area contributed by atoms with Crippen molar-refractivity contribution in [3.05, 3.63) is 47.5 Å². The van der Waals surface area contributed by atoms with E-state index >= 15 is 0 Å². The third-order valence-corrected chi connectivity index (χ3v) is 7.32. The first kappa shape index (κ1) is 22.3. The molecule has 2 aromatic rings. The predicted octanol–water partition coefficient (Wildman–Crippen LogP) is 3.21. The predicted molar refractivity (Wildman–Crippen MR) is 122 cm³/mol. The number of ether oxygens (including phenoxy) is 1. The fourth-order valence-corrected chi connectivity index (χ4v) is 5.38. The zero-order valence-electron chi connectivity index (χ0n) is 18.2. The molecule has 2 amide bonds. The lowest BCUT2D eigenvalue weighted by Crippen LogP contribution is -2.37. The van der Waals surface area contributed by atoms with Gasteiger partial charge in [0.15, 0.2) is 0 Å². The molecule has 170 valence electrons. The number of hydrogen-bond donors (Lipinski definition) is 2. The molecule has 32 heavy (non-hydrogen) atoms. The molecule has 4 rings (SSSR count). The molecule has 0 aliphatic carbocycles. The number of nitrogens with one attached hydrogen (secondary N) is 2. The van der Waals surface area contributed by atoms with Gasteiger partial charge in [-0.1, -0.05) is 13.0 Å². The third kappa shape index (κ3) is 4.49. The molecule has 0 saturated carbocycles. The van der Waals surface area contributed by atoms with Crippen LogP contribution in [0.1, 0.15) is 37.3 Å². The van der Waals surface area contributed by atoms with Crippen LogP contribution in [0.2, 0.25) is 0 Å². The Labute approximate surface area is 188 Å². The Morgan fingerprint density at radius 3 is 2.62 bits per heavy atom. The molecule has 1 fully saturated rings. The van der Waals surface area contributed by atoms with Crippen LogP contribution in [0.5, 0.6) is 0 Å². The molecule has 0 bridgehead atoms. The van der Waals surface area contributed by atoms with E-state index in [9.17, 15) is 18.0 Å². The van der Waals surface area contributed by atoms with Crippen molar-refractivity contribution in [2.75, 3.05) is 28.1 Å². The molecule has 8 nitrogen and oxygen atoms in total. The van der Waals surface area contributed by atoms with Crippen LogP contribution in [0, 0.1) is 6.92 Å². The van der Waals surface area contributed by atoms with E-state index in [0.29, 0.717) is 42.9 Å². The fourth-order valence-electron chi connectivity index (χ4n) is 4.11. The highest BCUT2D eigenvalue weighted by Crippen LogP contribution is 2.33. The number of benzene rings is 2. The van der Waals surface area contributed by atoms with Crippen molar-refractivity contribution in [1.29, 1.82) is 0 Å². The van der Waals surface area contributed by atoms with Crippen molar-refractivity contribution in [2.45, 2.75) is 50.5 Å². The summed E-state index contributed by atoms with van der Waals surface area (Å²) in [5.74, 6) is -0.208. The standard InChI is InChI=1S/C23H27N3O5S/c1-3-22(27)24-17-8-9-21(15(2)13-17)32(29,30)25-18-7-6-16-10-11-26(19(16)14-18)23(28)20-5-4-12-31-20/h6-9,13-14,20,25H,3-5,10-12H2,1-2H3,(H,24,27). The Morgan fingerprint density at radius 2 is 1.94 bits per heavy atom. The van der Waals surface area contributed by atoms with E-state index < -0.39 is 16.1 Å². The minimum Gasteiger partial charge on any atom is -0.368 e. The van der Waals surface area contributed by atoms with E-state index in [1.807, 2.05) is 6.07 Å². The molecule has 2 aliphatic rings. The van der Waals surface area contributed by atoms with Crippen LogP contribution < -0.4 is 14.9 Å². The van der Waals surface area contributed by atoms with Crippen LogP contribution >= 0.6 is 0 Å². The quantitative estimate of drug-likeness (QED) is 0.693. The van der Waals surface area contributed by atoms with Gasteiger partial charge in [0.25, 0.3) is 15.9 Å². The number of carbonyl (C=O) groups is 2. The molecule has 1 atom stereocenters. The first-order chi connectivity index (χ1) is 15.3. The highest BCUT2D eigenvalue weighted by molar-refractivity contribution is 7.92. The molecule has 1 unspecified atom stereocenters. The van der Waals surface area contributed by atoms with Gasteiger partial charge in [-0.2, -0.15) is 0 Å². The molecule has 2 aromatic carbocycles. The van der Waals surface area contributed by atoms with Crippen LogP contribution in [0.4, 0.5) is 17.1 Å². The molecule has 0 spiro atoms. The maximum absolute atomic E-state index is 13.0. The van der Waals surface area contributed by atoms with Gasteiger partial charge in [0, 0.05) is 30.9 Å². The van der Waals surface area contributed by atoms with Gasteiger partial charge in [0.05, 0.1) is 10.6 Å². The number of anilines is 3. The minimum absolute atomic E-state index is 0.0678. The summed E-state index contributed by atoms with van der Waals surface area (Å²) >= 11 is 0. The van der Waals surface area contributed by atoms with Gasteiger partial charge in [-0.25, -0.2) is 8.42 Å². The summed E-state index contributed by atoms with van der Waals surface area (Å²) in [6.07, 6.45) is 2.23. The zero-order chi connectivity index (χ0) is 22.9. The van der Waals surface area contributed by atoms with Crippen LogP contribution in [-0.2, 0) is 30.8 Å². The van der Waals surface area contributed by atoms with E-state index in [1.54, 1.807) is 43.0 Å². The second-order valence-electron chi connectivity index (χ2n) is 8.07. The van der Waals surface area contributed by atoms with E-state index in [-0.39, 0.29) is 16.7 Å². The van der Waals surface area contributed by atoms with Crippen molar-refractivity contribution < 1.29 is 22.7 Å². The topological polar surface area (TPSA) is 105 Å². The normalized spacial score (nSPS) is 17.8. The number of nitrogens with zero attached hydrogens (tertiary/aromatic N) is 1. The molecule has 1 saturated heterocycles. The lowest BCUT2D eigenvalue weighted by molar-refractivity contribution is -0.127. The van der Waals surface area contributed by atoms with Crippen molar-refractivity contribution in [1.82, 2.24) is 0 Å². The maximum Gasteiger partial charge on any atom is 0.262 e. The molecular weight excluding hydrogens is 430 g/mol. The van der Waals surface area contributed by atoms with Gasteiger partial charge in [0.1, 0.15) is 6.10 Å². The van der Waals surface area contributed by atoms with Crippen LogP contribution in [0.15, 0.2) is 41.3 Å². The summed E-state index contributed by atoms with van der Waals surface area (Å²) in [5.41, 5.74) is 3.18. The van der Waals surface area contributed by atoms with Gasteiger partial charge in [0.2, 0.25) is 5.91 Å². The molecule has 9 heteroatoms. The molecule has 2 N–H and O–H groups in total. The Kier molecular flexibility index (Phi) is 6.21. The molecule has 2 aliphatic heterocycles. The van der Waals surface area contributed by atoms with E-state index in [1.165, 1.54) is 6.07 Å². The maximum atomic E-state index is 13.0. The van der Waals surface area contributed by atoms with Gasteiger partial charge in [-0.15, -0.1) is 0 Å². The SMILES string of the molecule is CCC(=O)Nc1ccc(S(=O)(=O)Nc2ccc3c(c2)N(C(=O)C2CCCO2)CC3)c(C)c1. The van der Waals surface area contributed by atoms with Crippen LogP contribution in [0.25, 0.3) is 0 Å². The van der Waals surface area contributed by atoms with Crippen molar-refractivity contribution in [2.24, 2.45) is 0 Å². The van der Waals surface area contributed by atoms with Crippen LogP contribution in [0.3, 0.4) is 0 Å². The van der Waals surface area contributed by atoms with Gasteiger partial charge in [-0.05, 0) is 67.6 Å². The summed E-state index contributed by atoms with van der Waals surface area (Å²) < 4.78 is 34.2. The molecule has 0 radical (unpaired) electrons. The first-order valence-corrected chi connectivity index (χ1v) is 12.3. The van der Waals surface area contributed by atoms with Crippen LogP contribution in [-0.4, -0.2) is 39.5 Å². The Morgan fingerprint density at radius 1 is 1.16 bits per heavy atom. The van der Waals surface area contributed by atoms with Crippen molar-refractivity contribution in [3.8, 4) is 0 Å². The minimum atomic E-state index is -3.86. The highest BCUT2D eigenvalue weighted by Gasteiger charge is 2.33. The average molecular weight is 458 g/mol. The van der Waals surface area contributed by atoms with E-state index in [2.05, 4.69) is 10.0 Å². The number of fused-ring (bicyclic) bond motifs is 1. The lowest BCUT2D eigenvalue weighted by atomic mass is 10.1. The van der Waals surface area contributed by atoms with Gasteiger partial charge in [-0.3, -0.25) is 14.3 Å². The fraction of sp³-hybridized carbons (Fsp3) is 0.391. The summed E-state index contributed by atoms with van der Waals surface area (Å²) in [6, 6.07) is 9.95. The van der Waals surface area contributed by atoms with Gasteiger partial charge >= 0.3 is 0 Å². The summed E-state index contributed by atoms with van der Waals surface area (Å²) in [7, 11) is -3.86. The number of aryl methyl sites for hydroxylation is 1. The summed E-state index contributed by atoms with van der Waals surface area (Å²) in [4.78, 5) is 26.2. The first-order valence-electron chi connectivity index (χ1n) is 10.8. The number of rotatable bonds is 6. The molecule has 0 aromatic heterocycles.